The molecule has 0 bridgehead atoms. The first-order valence-corrected chi connectivity index (χ1v) is 10.0. The Balaban J connectivity index is 1.57. The molecule has 1 aliphatic carbocycles. The highest BCUT2D eigenvalue weighted by atomic mass is 16.5. The van der Waals surface area contributed by atoms with E-state index in [1.807, 2.05) is 36.9 Å². The van der Waals surface area contributed by atoms with Crippen molar-refractivity contribution >= 4 is 11.7 Å². The molecule has 0 unspecified atom stereocenters. The van der Waals surface area contributed by atoms with Gasteiger partial charge in [0.2, 0.25) is 0 Å². The Morgan fingerprint density at radius 3 is 2.43 bits per heavy atom. The number of amides is 1. The van der Waals surface area contributed by atoms with Crippen molar-refractivity contribution in [3.05, 3.63) is 41.6 Å². The fourth-order valence-corrected chi connectivity index (χ4v) is 3.98. The third-order valence-electron chi connectivity index (χ3n) is 5.84. The number of hydrogen-bond acceptors (Lipinski definition) is 5. The number of aromatic nitrogens is 2. The Bertz CT molecular complexity index is 858. The molecule has 0 radical (unpaired) electrons. The molecule has 1 aromatic heterocycles. The summed E-state index contributed by atoms with van der Waals surface area (Å²) in [7, 11) is 1.59. The van der Waals surface area contributed by atoms with Crippen molar-refractivity contribution in [2.75, 3.05) is 38.2 Å². The first-order valence-electron chi connectivity index (χ1n) is 10.0. The molecule has 148 valence electrons. The van der Waals surface area contributed by atoms with Crippen molar-refractivity contribution in [1.82, 2.24) is 14.9 Å². The number of carbonyl (C=O) groups excluding carboxylic acids is 1. The molecular weight excluding hydrogens is 352 g/mol. The molecule has 2 aromatic rings. The number of rotatable bonds is 4. The second-order valence-electron chi connectivity index (χ2n) is 8.01. The number of anilines is 1. The maximum absolute atomic E-state index is 12.7. The van der Waals surface area contributed by atoms with Crippen LogP contribution in [0.4, 0.5) is 5.82 Å². The summed E-state index contributed by atoms with van der Waals surface area (Å²) in [5.41, 5.74) is 2.74. The van der Waals surface area contributed by atoms with Crippen LogP contribution in [0.1, 0.15) is 31.5 Å². The largest absolute Gasteiger partial charge is 0.369 e. The van der Waals surface area contributed by atoms with E-state index in [0.717, 1.165) is 49.6 Å². The molecule has 1 aliphatic heterocycles. The number of ether oxygens (including phenoxy) is 1. The number of aryl methyl sites for hydroxylation is 1. The van der Waals surface area contributed by atoms with E-state index < -0.39 is 5.60 Å². The Morgan fingerprint density at radius 2 is 1.75 bits per heavy atom. The zero-order chi connectivity index (χ0) is 19.7. The lowest BCUT2D eigenvalue weighted by atomic mass is 10.1. The highest BCUT2D eigenvalue weighted by Gasteiger charge is 2.34. The van der Waals surface area contributed by atoms with Gasteiger partial charge in [0.05, 0.1) is 0 Å². The van der Waals surface area contributed by atoms with Crippen LogP contribution in [-0.2, 0) is 22.4 Å². The van der Waals surface area contributed by atoms with E-state index in [0.29, 0.717) is 13.1 Å². The molecule has 2 heterocycles. The van der Waals surface area contributed by atoms with Gasteiger partial charge in [0, 0.05) is 50.1 Å². The number of piperazine rings is 1. The van der Waals surface area contributed by atoms with Crippen LogP contribution in [0.15, 0.2) is 30.3 Å². The third kappa shape index (κ3) is 3.49. The Kier molecular flexibility index (Phi) is 5.06. The molecule has 0 N–H and O–H groups in total. The quantitative estimate of drug-likeness (QED) is 0.816. The van der Waals surface area contributed by atoms with Crippen LogP contribution in [0.25, 0.3) is 11.4 Å². The van der Waals surface area contributed by atoms with Crippen molar-refractivity contribution in [3.8, 4) is 11.4 Å². The zero-order valence-electron chi connectivity index (χ0n) is 16.9. The van der Waals surface area contributed by atoms with E-state index in [1.54, 1.807) is 7.11 Å². The van der Waals surface area contributed by atoms with Crippen molar-refractivity contribution in [2.24, 2.45) is 0 Å². The van der Waals surface area contributed by atoms with Gasteiger partial charge in [-0.3, -0.25) is 4.79 Å². The summed E-state index contributed by atoms with van der Waals surface area (Å²) >= 11 is 0. The lowest BCUT2D eigenvalue weighted by Gasteiger charge is -2.39. The lowest BCUT2D eigenvalue weighted by Crippen LogP contribution is -2.54. The Hall–Kier alpha value is -2.47. The van der Waals surface area contributed by atoms with Gasteiger partial charge in [-0.1, -0.05) is 30.3 Å². The van der Waals surface area contributed by atoms with Gasteiger partial charge in [-0.25, -0.2) is 9.97 Å². The molecule has 0 saturated carbocycles. The maximum atomic E-state index is 12.7. The molecular formula is C22H28N4O2. The molecule has 2 aliphatic rings. The van der Waals surface area contributed by atoms with Gasteiger partial charge in [0.25, 0.3) is 5.91 Å². The zero-order valence-corrected chi connectivity index (χ0v) is 16.9. The number of benzene rings is 1. The van der Waals surface area contributed by atoms with Crippen LogP contribution in [0.2, 0.25) is 0 Å². The van der Waals surface area contributed by atoms with E-state index >= 15 is 0 Å². The topological polar surface area (TPSA) is 58.6 Å². The fraction of sp³-hybridized carbons (Fsp3) is 0.500. The molecule has 1 amide bonds. The van der Waals surface area contributed by atoms with E-state index in [9.17, 15) is 4.79 Å². The standard InChI is InChI=1S/C22H28N4O2/c1-22(2,28-3)21(27)26-14-12-25(13-15-26)20-17-10-7-11-18(17)23-19(24-20)16-8-5-4-6-9-16/h4-6,8-9H,7,10-15H2,1-3H3. The Labute approximate surface area is 166 Å². The molecule has 0 spiro atoms. The van der Waals surface area contributed by atoms with Crippen molar-refractivity contribution in [3.63, 3.8) is 0 Å². The minimum Gasteiger partial charge on any atom is -0.369 e. The van der Waals surface area contributed by atoms with Crippen LogP contribution in [0.5, 0.6) is 0 Å². The first-order chi connectivity index (χ1) is 13.5. The Morgan fingerprint density at radius 1 is 1.04 bits per heavy atom. The molecule has 1 aromatic carbocycles. The minimum atomic E-state index is -0.779. The lowest BCUT2D eigenvalue weighted by molar-refractivity contribution is -0.151. The van der Waals surface area contributed by atoms with Gasteiger partial charge in [0.15, 0.2) is 5.82 Å². The average Bonchev–Trinajstić information content (AvgIpc) is 3.22. The highest BCUT2D eigenvalue weighted by molar-refractivity contribution is 5.84. The van der Waals surface area contributed by atoms with Crippen LogP contribution in [0, 0.1) is 0 Å². The minimum absolute atomic E-state index is 0.0486. The van der Waals surface area contributed by atoms with E-state index in [-0.39, 0.29) is 5.91 Å². The molecule has 6 heteroatoms. The van der Waals surface area contributed by atoms with Crippen molar-refractivity contribution in [2.45, 2.75) is 38.7 Å². The summed E-state index contributed by atoms with van der Waals surface area (Å²) in [6.07, 6.45) is 3.19. The van der Waals surface area contributed by atoms with E-state index in [2.05, 4.69) is 17.0 Å². The van der Waals surface area contributed by atoms with Gasteiger partial charge in [0.1, 0.15) is 11.4 Å². The van der Waals surface area contributed by atoms with Crippen LogP contribution >= 0.6 is 0 Å². The average molecular weight is 380 g/mol. The summed E-state index contributed by atoms with van der Waals surface area (Å²) < 4.78 is 5.36. The smallest absolute Gasteiger partial charge is 0.254 e. The molecule has 4 rings (SSSR count). The summed E-state index contributed by atoms with van der Waals surface area (Å²) in [4.78, 5) is 26.7. The van der Waals surface area contributed by atoms with Crippen LogP contribution in [-0.4, -0.2) is 59.7 Å². The van der Waals surface area contributed by atoms with Crippen LogP contribution < -0.4 is 4.90 Å². The number of fused-ring (bicyclic) bond motifs is 1. The summed E-state index contributed by atoms with van der Waals surface area (Å²) in [6, 6.07) is 10.2. The fourth-order valence-electron chi connectivity index (χ4n) is 3.98. The maximum Gasteiger partial charge on any atom is 0.254 e. The first kappa shape index (κ1) is 18.9. The van der Waals surface area contributed by atoms with E-state index in [1.165, 1.54) is 11.3 Å². The number of hydrogen-bond donors (Lipinski definition) is 0. The predicted octanol–water partition coefficient (Wildman–Crippen LogP) is 2.71. The molecule has 6 nitrogen and oxygen atoms in total. The third-order valence-corrected chi connectivity index (χ3v) is 5.84. The van der Waals surface area contributed by atoms with Crippen molar-refractivity contribution < 1.29 is 9.53 Å². The second-order valence-corrected chi connectivity index (χ2v) is 8.01. The van der Waals surface area contributed by atoms with Gasteiger partial charge < -0.3 is 14.5 Å². The number of methoxy groups -OCH3 is 1. The van der Waals surface area contributed by atoms with Gasteiger partial charge in [-0.2, -0.15) is 0 Å². The van der Waals surface area contributed by atoms with Crippen molar-refractivity contribution in [1.29, 1.82) is 0 Å². The molecule has 0 atom stereocenters. The molecule has 1 saturated heterocycles. The van der Waals surface area contributed by atoms with Crippen LogP contribution in [0.3, 0.4) is 0 Å². The van der Waals surface area contributed by atoms with Gasteiger partial charge >= 0.3 is 0 Å². The second kappa shape index (κ2) is 7.51. The van der Waals surface area contributed by atoms with E-state index in [4.69, 9.17) is 14.7 Å². The molecule has 1 fully saturated rings. The SMILES string of the molecule is COC(C)(C)C(=O)N1CCN(c2nc(-c3ccccc3)nc3c2CCC3)CC1. The normalized spacial score (nSPS) is 17.0. The number of nitrogens with zero attached hydrogens (tertiary/aromatic N) is 4. The highest BCUT2D eigenvalue weighted by Crippen LogP contribution is 2.32. The summed E-state index contributed by atoms with van der Waals surface area (Å²) in [5.74, 6) is 1.90. The monoisotopic (exact) mass is 380 g/mol. The number of carbonyl (C=O) groups is 1. The summed E-state index contributed by atoms with van der Waals surface area (Å²) in [6.45, 7) is 6.58. The predicted molar refractivity (Wildman–Crippen MR) is 109 cm³/mol. The van der Waals surface area contributed by atoms with Gasteiger partial charge in [-0.05, 0) is 33.1 Å². The van der Waals surface area contributed by atoms with Gasteiger partial charge in [-0.15, -0.1) is 0 Å². The summed E-state index contributed by atoms with van der Waals surface area (Å²) in [5, 5.41) is 0. The molecule has 28 heavy (non-hydrogen) atoms.